The molecule has 0 N–H and O–H groups in total. The van der Waals surface area contributed by atoms with Gasteiger partial charge < -0.3 is 0 Å². The molecule has 1 aromatic carbocycles. The van der Waals surface area contributed by atoms with E-state index in [0.29, 0.717) is 11.3 Å². The number of alkyl halides is 1. The Kier molecular flexibility index (Phi) is 4.72. The van der Waals surface area contributed by atoms with E-state index in [9.17, 15) is 0 Å². The molecule has 0 aliphatic heterocycles. The highest BCUT2D eigenvalue weighted by Gasteiger charge is 2.30. The Morgan fingerprint density at radius 3 is 2.72 bits per heavy atom. The predicted octanol–water partition coefficient (Wildman–Crippen LogP) is 5.22. The molecule has 0 spiro atoms. The maximum absolute atomic E-state index is 6.54. The number of benzene rings is 1. The highest BCUT2D eigenvalue weighted by atomic mass is 35.5. The van der Waals surface area contributed by atoms with E-state index in [2.05, 4.69) is 45.0 Å². The standard InChI is InChI=1S/C17H25Cl/c1-12(2)15-7-8-17(18)16(11-15)10-14-6-4-5-13(3)9-14/h4-6,9,12,15-17H,7-8,10-11H2,1-3H3. The fourth-order valence-corrected chi connectivity index (χ4v) is 3.54. The molecule has 0 heterocycles. The van der Waals surface area contributed by atoms with Gasteiger partial charge in [-0.3, -0.25) is 0 Å². The first-order valence-electron chi connectivity index (χ1n) is 7.26. The molecular formula is C17H25Cl. The second-order valence-electron chi connectivity index (χ2n) is 6.29. The van der Waals surface area contributed by atoms with Gasteiger partial charge >= 0.3 is 0 Å². The summed E-state index contributed by atoms with van der Waals surface area (Å²) in [5.74, 6) is 2.33. The molecule has 1 aliphatic carbocycles. The van der Waals surface area contributed by atoms with Gasteiger partial charge in [0.2, 0.25) is 0 Å². The van der Waals surface area contributed by atoms with Crippen LogP contribution in [0.1, 0.15) is 44.2 Å². The van der Waals surface area contributed by atoms with Crippen LogP contribution in [0.3, 0.4) is 0 Å². The summed E-state index contributed by atoms with van der Waals surface area (Å²) in [7, 11) is 0. The third-order valence-corrected chi connectivity index (χ3v) is 5.03. The highest BCUT2D eigenvalue weighted by Crippen LogP contribution is 2.38. The summed E-state index contributed by atoms with van der Waals surface area (Å²) < 4.78 is 0. The van der Waals surface area contributed by atoms with Gasteiger partial charge in [-0.15, -0.1) is 11.6 Å². The van der Waals surface area contributed by atoms with Crippen LogP contribution in [0, 0.1) is 24.7 Å². The van der Waals surface area contributed by atoms with Gasteiger partial charge in [0, 0.05) is 5.38 Å². The minimum atomic E-state index is 0.375. The van der Waals surface area contributed by atoms with E-state index in [1.165, 1.54) is 30.4 Å². The molecule has 1 aromatic rings. The van der Waals surface area contributed by atoms with Crippen molar-refractivity contribution >= 4 is 11.6 Å². The lowest BCUT2D eigenvalue weighted by atomic mass is 9.74. The SMILES string of the molecule is Cc1cccc(CC2CC(C(C)C)CCC2Cl)c1. The van der Waals surface area contributed by atoms with Crippen LogP contribution in [0.5, 0.6) is 0 Å². The molecule has 1 saturated carbocycles. The van der Waals surface area contributed by atoms with Crippen LogP contribution in [-0.4, -0.2) is 5.38 Å². The fraction of sp³-hybridized carbons (Fsp3) is 0.647. The summed E-state index contributed by atoms with van der Waals surface area (Å²) in [4.78, 5) is 0. The van der Waals surface area contributed by atoms with Crippen molar-refractivity contribution in [3.8, 4) is 0 Å². The van der Waals surface area contributed by atoms with Crippen LogP contribution in [0.25, 0.3) is 0 Å². The van der Waals surface area contributed by atoms with E-state index in [-0.39, 0.29) is 0 Å². The monoisotopic (exact) mass is 264 g/mol. The van der Waals surface area contributed by atoms with Gasteiger partial charge in [0.25, 0.3) is 0 Å². The molecule has 2 rings (SSSR count). The van der Waals surface area contributed by atoms with Crippen LogP contribution in [0.2, 0.25) is 0 Å². The maximum atomic E-state index is 6.54. The van der Waals surface area contributed by atoms with Crippen LogP contribution < -0.4 is 0 Å². The van der Waals surface area contributed by atoms with E-state index in [4.69, 9.17) is 11.6 Å². The first-order valence-corrected chi connectivity index (χ1v) is 7.69. The first-order chi connectivity index (χ1) is 8.56. The van der Waals surface area contributed by atoms with Gasteiger partial charge in [-0.2, -0.15) is 0 Å². The van der Waals surface area contributed by atoms with Crippen LogP contribution in [-0.2, 0) is 6.42 Å². The lowest BCUT2D eigenvalue weighted by Crippen LogP contribution is -2.29. The van der Waals surface area contributed by atoms with Gasteiger partial charge in [0.15, 0.2) is 0 Å². The average Bonchev–Trinajstić information content (AvgIpc) is 2.31. The Labute approximate surface area is 117 Å². The molecule has 0 aromatic heterocycles. The smallest absolute Gasteiger partial charge is 0.0367 e. The van der Waals surface area contributed by atoms with Crippen molar-refractivity contribution in [1.82, 2.24) is 0 Å². The third kappa shape index (κ3) is 3.51. The van der Waals surface area contributed by atoms with E-state index < -0.39 is 0 Å². The summed E-state index contributed by atoms with van der Waals surface area (Å²) >= 11 is 6.54. The molecule has 1 heteroatoms. The van der Waals surface area contributed by atoms with Gasteiger partial charge in [0.05, 0.1) is 0 Å². The van der Waals surface area contributed by atoms with Crippen molar-refractivity contribution in [3.63, 3.8) is 0 Å². The molecule has 1 aliphatic rings. The Bertz CT molecular complexity index is 383. The second-order valence-corrected chi connectivity index (χ2v) is 6.85. The van der Waals surface area contributed by atoms with Crippen LogP contribution >= 0.6 is 11.6 Å². The van der Waals surface area contributed by atoms with Crippen molar-refractivity contribution < 1.29 is 0 Å². The van der Waals surface area contributed by atoms with Crippen molar-refractivity contribution in [3.05, 3.63) is 35.4 Å². The molecule has 18 heavy (non-hydrogen) atoms. The molecule has 3 atom stereocenters. The van der Waals surface area contributed by atoms with E-state index in [1.54, 1.807) is 0 Å². The Balaban J connectivity index is 2.02. The summed E-state index contributed by atoms with van der Waals surface area (Å²) in [5.41, 5.74) is 2.81. The summed E-state index contributed by atoms with van der Waals surface area (Å²) in [6, 6.07) is 8.88. The lowest BCUT2D eigenvalue weighted by molar-refractivity contribution is 0.218. The molecule has 1 fully saturated rings. The highest BCUT2D eigenvalue weighted by molar-refractivity contribution is 6.20. The largest absolute Gasteiger partial charge is 0.123 e. The first kappa shape index (κ1) is 13.9. The van der Waals surface area contributed by atoms with Gasteiger partial charge in [-0.1, -0.05) is 43.7 Å². The van der Waals surface area contributed by atoms with E-state index >= 15 is 0 Å². The molecule has 0 nitrogen and oxygen atoms in total. The minimum absolute atomic E-state index is 0.375. The number of hydrogen-bond donors (Lipinski definition) is 0. The molecule has 3 unspecified atom stereocenters. The zero-order valence-electron chi connectivity index (χ0n) is 11.8. The van der Waals surface area contributed by atoms with Crippen molar-refractivity contribution in [2.75, 3.05) is 0 Å². The van der Waals surface area contributed by atoms with Gasteiger partial charge in [0.1, 0.15) is 0 Å². The summed E-state index contributed by atoms with van der Waals surface area (Å²) in [6.45, 7) is 6.87. The number of hydrogen-bond acceptors (Lipinski definition) is 0. The van der Waals surface area contributed by atoms with Crippen molar-refractivity contribution in [1.29, 1.82) is 0 Å². The van der Waals surface area contributed by atoms with Gasteiger partial charge in [-0.25, -0.2) is 0 Å². The molecule has 0 amide bonds. The van der Waals surface area contributed by atoms with Crippen molar-refractivity contribution in [2.45, 2.75) is 51.8 Å². The number of rotatable bonds is 3. The van der Waals surface area contributed by atoms with Gasteiger partial charge in [-0.05, 0) is 55.9 Å². The number of aryl methyl sites for hydroxylation is 1. The zero-order chi connectivity index (χ0) is 13.1. The predicted molar refractivity (Wildman–Crippen MR) is 80.2 cm³/mol. The number of halogens is 1. The molecule has 0 saturated heterocycles. The normalized spacial score (nSPS) is 28.6. The molecule has 100 valence electrons. The van der Waals surface area contributed by atoms with Crippen molar-refractivity contribution in [2.24, 2.45) is 17.8 Å². The summed E-state index contributed by atoms with van der Waals surface area (Å²) in [5, 5.41) is 0.375. The fourth-order valence-electron chi connectivity index (χ4n) is 3.22. The maximum Gasteiger partial charge on any atom is 0.0367 e. The lowest BCUT2D eigenvalue weighted by Gasteiger charge is -2.35. The van der Waals surface area contributed by atoms with E-state index in [0.717, 1.165) is 18.3 Å². The second kappa shape index (κ2) is 6.10. The van der Waals surface area contributed by atoms with E-state index in [1.807, 2.05) is 0 Å². The Morgan fingerprint density at radius 2 is 2.06 bits per heavy atom. The molecular weight excluding hydrogens is 240 g/mol. The van der Waals surface area contributed by atoms with Crippen LogP contribution in [0.15, 0.2) is 24.3 Å². The molecule has 0 bridgehead atoms. The third-order valence-electron chi connectivity index (χ3n) is 4.45. The average molecular weight is 265 g/mol. The molecule has 0 radical (unpaired) electrons. The minimum Gasteiger partial charge on any atom is -0.123 e. The summed E-state index contributed by atoms with van der Waals surface area (Å²) in [6.07, 6.45) is 4.97. The zero-order valence-corrected chi connectivity index (χ0v) is 12.6. The Morgan fingerprint density at radius 1 is 1.28 bits per heavy atom. The topological polar surface area (TPSA) is 0 Å². The Hall–Kier alpha value is -0.490. The quantitative estimate of drug-likeness (QED) is 0.657. The van der Waals surface area contributed by atoms with Crippen LogP contribution in [0.4, 0.5) is 0 Å².